The number of nitrogens with one attached hydrogen (secondary N) is 1. The molecule has 1 aromatic heterocycles. The van der Waals surface area contributed by atoms with Crippen LogP contribution in [0.25, 0.3) is 0 Å². The summed E-state index contributed by atoms with van der Waals surface area (Å²) in [6, 6.07) is 6.90. The highest BCUT2D eigenvalue weighted by atomic mass is 35.5. The van der Waals surface area contributed by atoms with Gasteiger partial charge in [-0.3, -0.25) is 4.79 Å². The average Bonchev–Trinajstić information content (AvgIpc) is 2.48. The van der Waals surface area contributed by atoms with Gasteiger partial charge in [0.15, 0.2) is 0 Å². The van der Waals surface area contributed by atoms with Crippen LogP contribution in [0.4, 0.5) is 5.69 Å². The molecule has 0 radical (unpaired) electrons. The van der Waals surface area contributed by atoms with E-state index in [0.717, 1.165) is 0 Å². The van der Waals surface area contributed by atoms with Crippen LogP contribution in [0.2, 0.25) is 10.0 Å². The monoisotopic (exact) mass is 355 g/mol. The van der Waals surface area contributed by atoms with Gasteiger partial charge in [0.25, 0.3) is 5.56 Å². The van der Waals surface area contributed by atoms with Crippen LogP contribution in [-0.4, -0.2) is 21.4 Å². The maximum atomic E-state index is 12.2. The molecule has 0 saturated carbocycles. The second-order valence-corrected chi connectivity index (χ2v) is 7.02. The van der Waals surface area contributed by atoms with E-state index >= 15 is 0 Å². The van der Waals surface area contributed by atoms with Crippen molar-refractivity contribution < 1.29 is 5.11 Å². The average molecular weight is 356 g/mol. The molecule has 0 aliphatic rings. The molecular weight excluding hydrogens is 337 g/mol. The summed E-state index contributed by atoms with van der Waals surface area (Å²) in [6.07, 6.45) is 0.734. The van der Waals surface area contributed by atoms with E-state index in [1.54, 1.807) is 24.3 Å². The Kier molecular flexibility index (Phi) is 5.34. The summed E-state index contributed by atoms with van der Waals surface area (Å²) in [6.45, 7) is 5.81. The lowest BCUT2D eigenvalue weighted by Gasteiger charge is -2.21. The van der Waals surface area contributed by atoms with Crippen LogP contribution in [0.1, 0.15) is 32.4 Å². The first-order chi connectivity index (χ1) is 10.7. The maximum absolute atomic E-state index is 12.2. The maximum Gasteiger partial charge on any atom is 0.288 e. The fourth-order valence-corrected chi connectivity index (χ4v) is 2.36. The molecule has 0 bridgehead atoms. The number of aliphatic hydroxyl groups excluding tert-OH is 1. The Hall–Kier alpha value is -1.56. The summed E-state index contributed by atoms with van der Waals surface area (Å²) in [5.74, 6) is 0. The molecule has 0 fully saturated rings. The van der Waals surface area contributed by atoms with Crippen LogP contribution in [0.5, 0.6) is 0 Å². The first kappa shape index (κ1) is 17.8. The van der Waals surface area contributed by atoms with Crippen LogP contribution in [-0.2, 0) is 5.54 Å². The van der Waals surface area contributed by atoms with E-state index in [1.807, 2.05) is 20.8 Å². The molecule has 0 aliphatic heterocycles. The quantitative estimate of drug-likeness (QED) is 0.881. The van der Waals surface area contributed by atoms with Crippen LogP contribution in [0.3, 0.4) is 0 Å². The molecule has 0 saturated heterocycles. The van der Waals surface area contributed by atoms with Gasteiger partial charge in [-0.1, -0.05) is 35.3 Å². The lowest BCUT2D eigenvalue weighted by Crippen LogP contribution is -2.36. The molecule has 0 unspecified atom stereocenters. The van der Waals surface area contributed by atoms with Gasteiger partial charge in [-0.15, -0.1) is 0 Å². The number of aliphatic hydroxyl groups is 1. The minimum absolute atomic E-state index is 0.0539. The topological polar surface area (TPSA) is 67.2 Å². The van der Waals surface area contributed by atoms with E-state index in [0.29, 0.717) is 16.3 Å². The molecule has 1 aromatic carbocycles. The van der Waals surface area contributed by atoms with E-state index in [-0.39, 0.29) is 17.1 Å². The predicted molar refractivity (Wildman–Crippen MR) is 93.4 cm³/mol. The second kappa shape index (κ2) is 6.91. The molecule has 0 spiro atoms. The number of hydrogen-bond donors (Lipinski definition) is 2. The smallest absolute Gasteiger partial charge is 0.288 e. The van der Waals surface area contributed by atoms with E-state index in [4.69, 9.17) is 23.2 Å². The fraction of sp³-hybridized carbons (Fsp3) is 0.375. The summed E-state index contributed by atoms with van der Waals surface area (Å²) >= 11 is 11.9. The van der Waals surface area contributed by atoms with Gasteiger partial charge in [0.1, 0.15) is 5.02 Å². The van der Waals surface area contributed by atoms with Crippen LogP contribution in [0, 0.1) is 0 Å². The molecule has 124 valence electrons. The van der Waals surface area contributed by atoms with E-state index in [9.17, 15) is 9.90 Å². The Balaban J connectivity index is 2.13. The van der Waals surface area contributed by atoms with Gasteiger partial charge >= 0.3 is 0 Å². The molecule has 1 heterocycles. The standard InChI is InChI=1S/C16H19Cl2N3O2/c1-16(2,3)21-15(23)14(18)12(8-20-21)19-9-13(22)10-4-6-11(17)7-5-10/h4-8,13,19,22H,9H2,1-3H3/t13-/m0/s1. The lowest BCUT2D eigenvalue weighted by atomic mass is 10.1. The first-order valence-electron chi connectivity index (χ1n) is 7.16. The van der Waals surface area contributed by atoms with Crippen molar-refractivity contribution in [3.63, 3.8) is 0 Å². The number of aromatic nitrogens is 2. The SMILES string of the molecule is CC(C)(C)n1ncc(NC[C@H](O)c2ccc(Cl)cc2)c(Cl)c1=O. The largest absolute Gasteiger partial charge is 0.387 e. The van der Waals surface area contributed by atoms with Crippen LogP contribution in [0.15, 0.2) is 35.3 Å². The van der Waals surface area contributed by atoms with Gasteiger partial charge < -0.3 is 10.4 Å². The fourth-order valence-electron chi connectivity index (χ4n) is 2.04. The van der Waals surface area contributed by atoms with Crippen molar-refractivity contribution in [1.82, 2.24) is 9.78 Å². The molecule has 5 nitrogen and oxygen atoms in total. The van der Waals surface area contributed by atoms with Gasteiger partial charge in [-0.2, -0.15) is 5.10 Å². The van der Waals surface area contributed by atoms with Gasteiger partial charge in [-0.05, 0) is 38.5 Å². The number of halogens is 2. The van der Waals surface area contributed by atoms with Crippen molar-refractivity contribution in [3.05, 3.63) is 56.4 Å². The molecule has 2 N–H and O–H groups in total. The highest BCUT2D eigenvalue weighted by Gasteiger charge is 2.19. The lowest BCUT2D eigenvalue weighted by molar-refractivity contribution is 0.191. The normalized spacial score (nSPS) is 13.0. The van der Waals surface area contributed by atoms with Gasteiger partial charge in [0.2, 0.25) is 0 Å². The van der Waals surface area contributed by atoms with Crippen molar-refractivity contribution in [2.75, 3.05) is 11.9 Å². The van der Waals surface area contributed by atoms with E-state index < -0.39 is 11.6 Å². The Morgan fingerprint density at radius 3 is 2.43 bits per heavy atom. The number of benzene rings is 1. The van der Waals surface area contributed by atoms with Crippen molar-refractivity contribution in [1.29, 1.82) is 0 Å². The summed E-state index contributed by atoms with van der Waals surface area (Å²) in [5, 5.41) is 17.9. The first-order valence-corrected chi connectivity index (χ1v) is 7.91. The molecule has 0 amide bonds. The third-order valence-corrected chi connectivity index (χ3v) is 3.91. The van der Waals surface area contributed by atoms with Crippen LogP contribution < -0.4 is 10.9 Å². The third-order valence-electron chi connectivity index (χ3n) is 3.29. The molecule has 1 atom stereocenters. The van der Waals surface area contributed by atoms with Gasteiger partial charge in [-0.25, -0.2) is 4.68 Å². The number of nitrogens with zero attached hydrogens (tertiary/aromatic N) is 2. The number of hydrogen-bond acceptors (Lipinski definition) is 4. The van der Waals surface area contributed by atoms with Crippen molar-refractivity contribution in [2.24, 2.45) is 0 Å². The third kappa shape index (κ3) is 4.25. The Labute approximate surface area is 144 Å². The number of anilines is 1. The Bertz CT molecular complexity index is 736. The minimum Gasteiger partial charge on any atom is -0.387 e. The van der Waals surface area contributed by atoms with Crippen molar-refractivity contribution in [3.8, 4) is 0 Å². The second-order valence-electron chi connectivity index (χ2n) is 6.21. The molecule has 23 heavy (non-hydrogen) atoms. The zero-order valence-corrected chi connectivity index (χ0v) is 14.7. The molecule has 0 aliphatic carbocycles. The zero-order valence-electron chi connectivity index (χ0n) is 13.2. The van der Waals surface area contributed by atoms with Crippen molar-refractivity contribution in [2.45, 2.75) is 32.4 Å². The Morgan fingerprint density at radius 2 is 1.87 bits per heavy atom. The highest BCUT2D eigenvalue weighted by molar-refractivity contribution is 6.33. The summed E-state index contributed by atoms with van der Waals surface area (Å²) < 4.78 is 1.33. The van der Waals surface area contributed by atoms with E-state index in [1.165, 1.54) is 10.9 Å². The predicted octanol–water partition coefficient (Wildman–Crippen LogP) is 3.45. The zero-order chi connectivity index (χ0) is 17.2. The summed E-state index contributed by atoms with van der Waals surface area (Å²) in [4.78, 5) is 12.2. The van der Waals surface area contributed by atoms with Gasteiger partial charge in [0, 0.05) is 11.6 Å². The van der Waals surface area contributed by atoms with Crippen molar-refractivity contribution >= 4 is 28.9 Å². The molecule has 7 heteroatoms. The van der Waals surface area contributed by atoms with Gasteiger partial charge in [0.05, 0.1) is 23.5 Å². The Morgan fingerprint density at radius 1 is 1.26 bits per heavy atom. The molecule has 2 rings (SSSR count). The summed E-state index contributed by atoms with van der Waals surface area (Å²) in [5.41, 5.74) is 0.284. The minimum atomic E-state index is -0.756. The molecule has 2 aromatic rings. The van der Waals surface area contributed by atoms with Crippen LogP contribution >= 0.6 is 23.2 Å². The molecular formula is C16H19Cl2N3O2. The highest BCUT2D eigenvalue weighted by Crippen LogP contribution is 2.21. The number of rotatable bonds is 4. The summed E-state index contributed by atoms with van der Waals surface area (Å²) in [7, 11) is 0. The van der Waals surface area contributed by atoms with E-state index in [2.05, 4.69) is 10.4 Å².